The first-order valence-electron chi connectivity index (χ1n) is 7.31. The molecule has 0 saturated carbocycles. The van der Waals surface area contributed by atoms with Gasteiger partial charge in [0.25, 0.3) is 5.91 Å². The van der Waals surface area contributed by atoms with Crippen molar-refractivity contribution in [3.05, 3.63) is 39.8 Å². The van der Waals surface area contributed by atoms with Crippen LogP contribution in [0.5, 0.6) is 5.75 Å². The van der Waals surface area contributed by atoms with Gasteiger partial charge < -0.3 is 9.47 Å². The predicted molar refractivity (Wildman–Crippen MR) is 95.3 cm³/mol. The number of nitrogens with one attached hydrogen (secondary N) is 1. The zero-order chi connectivity index (χ0) is 17.5. The number of carbonyl (C=O) groups is 2. The molecular formula is C16H17BrN2O4S. The van der Waals surface area contributed by atoms with Gasteiger partial charge in [-0.15, -0.1) is 11.3 Å². The van der Waals surface area contributed by atoms with Gasteiger partial charge in [0.05, 0.1) is 18.7 Å². The first kappa shape index (κ1) is 18.4. The minimum absolute atomic E-state index is 0.0884. The molecule has 1 atom stereocenters. The van der Waals surface area contributed by atoms with Crippen molar-refractivity contribution in [2.75, 3.05) is 11.9 Å². The highest BCUT2D eigenvalue weighted by Crippen LogP contribution is 2.19. The lowest BCUT2D eigenvalue weighted by molar-refractivity contribution is -0.142. The highest BCUT2D eigenvalue weighted by atomic mass is 79.9. The Morgan fingerprint density at radius 2 is 2.04 bits per heavy atom. The second-order valence-electron chi connectivity index (χ2n) is 4.83. The van der Waals surface area contributed by atoms with E-state index in [0.717, 1.165) is 4.47 Å². The summed E-state index contributed by atoms with van der Waals surface area (Å²) >= 11 is 4.59. The van der Waals surface area contributed by atoms with Crippen LogP contribution in [0.15, 0.2) is 34.1 Å². The standard InChI is InChI=1S/C16H17BrN2O4S/c1-3-22-14(20)8-12-9-24-16(18-12)19-15(21)10(2)23-13-6-4-11(17)5-7-13/h4-7,9-10H,3,8H2,1-2H3,(H,18,19,21)/t10-/m1/s1. The van der Waals surface area contributed by atoms with E-state index < -0.39 is 6.10 Å². The first-order chi connectivity index (χ1) is 11.5. The molecule has 1 aromatic carbocycles. The lowest BCUT2D eigenvalue weighted by atomic mass is 10.3. The van der Waals surface area contributed by atoms with Gasteiger partial charge in [0.15, 0.2) is 11.2 Å². The fraction of sp³-hybridized carbons (Fsp3) is 0.312. The fourth-order valence-corrected chi connectivity index (χ4v) is 2.76. The molecule has 0 spiro atoms. The number of halogens is 1. The smallest absolute Gasteiger partial charge is 0.311 e. The molecule has 0 saturated heterocycles. The second kappa shape index (κ2) is 8.79. The normalized spacial score (nSPS) is 11.6. The summed E-state index contributed by atoms with van der Waals surface area (Å²) in [5.41, 5.74) is 0.565. The molecule has 0 unspecified atom stereocenters. The van der Waals surface area contributed by atoms with Crippen LogP contribution in [0.25, 0.3) is 0 Å². The van der Waals surface area contributed by atoms with E-state index in [-0.39, 0.29) is 18.3 Å². The molecule has 0 fully saturated rings. The van der Waals surface area contributed by atoms with E-state index in [4.69, 9.17) is 9.47 Å². The molecule has 128 valence electrons. The zero-order valence-electron chi connectivity index (χ0n) is 13.2. The van der Waals surface area contributed by atoms with Gasteiger partial charge in [0.2, 0.25) is 0 Å². The number of rotatable bonds is 7. The van der Waals surface area contributed by atoms with Gasteiger partial charge in [-0.25, -0.2) is 4.98 Å². The largest absolute Gasteiger partial charge is 0.481 e. The number of esters is 1. The molecule has 6 nitrogen and oxygen atoms in total. The van der Waals surface area contributed by atoms with E-state index in [0.29, 0.717) is 23.2 Å². The van der Waals surface area contributed by atoms with Gasteiger partial charge in [-0.3, -0.25) is 14.9 Å². The van der Waals surface area contributed by atoms with E-state index in [1.165, 1.54) is 11.3 Å². The molecule has 1 aromatic heterocycles. The number of ether oxygens (including phenoxy) is 2. The summed E-state index contributed by atoms with van der Waals surface area (Å²) in [7, 11) is 0. The quantitative estimate of drug-likeness (QED) is 0.704. The second-order valence-corrected chi connectivity index (χ2v) is 6.60. The van der Waals surface area contributed by atoms with Crippen LogP contribution in [0.2, 0.25) is 0 Å². The third-order valence-electron chi connectivity index (χ3n) is 2.91. The van der Waals surface area contributed by atoms with Crippen molar-refractivity contribution >= 4 is 44.3 Å². The van der Waals surface area contributed by atoms with Crippen LogP contribution >= 0.6 is 27.3 Å². The summed E-state index contributed by atoms with van der Waals surface area (Å²) < 4.78 is 11.4. The summed E-state index contributed by atoms with van der Waals surface area (Å²) in [6, 6.07) is 7.22. The van der Waals surface area contributed by atoms with Gasteiger partial charge in [0.1, 0.15) is 5.75 Å². The molecule has 0 radical (unpaired) electrons. The number of aromatic nitrogens is 1. The molecular weight excluding hydrogens is 396 g/mol. The number of anilines is 1. The number of benzene rings is 1. The Balaban J connectivity index is 1.88. The molecule has 1 N–H and O–H groups in total. The third kappa shape index (κ3) is 5.61. The highest BCUT2D eigenvalue weighted by molar-refractivity contribution is 9.10. The molecule has 2 aromatic rings. The minimum atomic E-state index is -0.677. The van der Waals surface area contributed by atoms with Gasteiger partial charge in [-0.2, -0.15) is 0 Å². The Morgan fingerprint density at radius 3 is 2.71 bits per heavy atom. The van der Waals surface area contributed by atoms with Crippen LogP contribution < -0.4 is 10.1 Å². The summed E-state index contributed by atoms with van der Waals surface area (Å²) in [4.78, 5) is 27.8. The summed E-state index contributed by atoms with van der Waals surface area (Å²) in [6.45, 7) is 3.74. The van der Waals surface area contributed by atoms with Crippen LogP contribution in [-0.2, 0) is 20.7 Å². The number of carbonyl (C=O) groups excluding carboxylic acids is 2. The van der Waals surface area contributed by atoms with Crippen molar-refractivity contribution in [3.8, 4) is 5.75 Å². The van der Waals surface area contributed by atoms with E-state index in [1.54, 1.807) is 31.4 Å². The predicted octanol–water partition coefficient (Wildman–Crippen LogP) is 3.42. The number of nitrogens with zero attached hydrogens (tertiary/aromatic N) is 1. The van der Waals surface area contributed by atoms with E-state index in [9.17, 15) is 9.59 Å². The van der Waals surface area contributed by atoms with Crippen molar-refractivity contribution in [2.45, 2.75) is 26.4 Å². The molecule has 2 rings (SSSR count). The van der Waals surface area contributed by atoms with E-state index in [2.05, 4.69) is 26.2 Å². The van der Waals surface area contributed by atoms with Crippen LogP contribution in [0, 0.1) is 0 Å². The van der Waals surface area contributed by atoms with E-state index >= 15 is 0 Å². The lowest BCUT2D eigenvalue weighted by Crippen LogP contribution is -2.30. The number of amides is 1. The Bertz CT molecular complexity index is 702. The molecule has 0 aliphatic carbocycles. The fourth-order valence-electron chi connectivity index (χ4n) is 1.78. The topological polar surface area (TPSA) is 77.5 Å². The molecule has 1 amide bonds. The van der Waals surface area contributed by atoms with Crippen LogP contribution in [-0.4, -0.2) is 29.6 Å². The molecule has 0 aliphatic heterocycles. The van der Waals surface area contributed by atoms with Crippen molar-refractivity contribution < 1.29 is 19.1 Å². The Morgan fingerprint density at radius 1 is 1.33 bits per heavy atom. The van der Waals surface area contributed by atoms with Gasteiger partial charge in [0, 0.05) is 9.85 Å². The molecule has 24 heavy (non-hydrogen) atoms. The maximum absolute atomic E-state index is 12.1. The molecule has 8 heteroatoms. The average molecular weight is 413 g/mol. The van der Waals surface area contributed by atoms with Crippen molar-refractivity contribution in [1.82, 2.24) is 4.98 Å². The maximum Gasteiger partial charge on any atom is 0.311 e. The summed E-state index contributed by atoms with van der Waals surface area (Å²) in [6.07, 6.45) is -0.589. The van der Waals surface area contributed by atoms with E-state index in [1.807, 2.05) is 12.1 Å². The summed E-state index contributed by atoms with van der Waals surface area (Å²) in [5, 5.41) is 4.82. The first-order valence-corrected chi connectivity index (χ1v) is 8.98. The minimum Gasteiger partial charge on any atom is -0.481 e. The van der Waals surface area contributed by atoms with Crippen molar-refractivity contribution in [1.29, 1.82) is 0 Å². The lowest BCUT2D eigenvalue weighted by Gasteiger charge is -2.13. The van der Waals surface area contributed by atoms with Gasteiger partial charge in [-0.1, -0.05) is 15.9 Å². The molecule has 0 aliphatic rings. The SMILES string of the molecule is CCOC(=O)Cc1csc(NC(=O)[C@@H](C)Oc2ccc(Br)cc2)n1. The monoisotopic (exact) mass is 412 g/mol. The maximum atomic E-state index is 12.1. The van der Waals surface area contributed by atoms with Crippen LogP contribution in [0.1, 0.15) is 19.5 Å². The average Bonchev–Trinajstić information content (AvgIpc) is 2.96. The van der Waals surface area contributed by atoms with Gasteiger partial charge >= 0.3 is 5.97 Å². The molecule has 1 heterocycles. The van der Waals surface area contributed by atoms with Crippen LogP contribution in [0.3, 0.4) is 0 Å². The number of hydrogen-bond acceptors (Lipinski definition) is 6. The number of thiazole rings is 1. The van der Waals surface area contributed by atoms with Gasteiger partial charge in [-0.05, 0) is 38.1 Å². The number of hydrogen-bond donors (Lipinski definition) is 1. The van der Waals surface area contributed by atoms with Crippen molar-refractivity contribution in [2.24, 2.45) is 0 Å². The highest BCUT2D eigenvalue weighted by Gasteiger charge is 2.17. The molecule has 0 bridgehead atoms. The third-order valence-corrected chi connectivity index (χ3v) is 4.24. The Kier molecular flexibility index (Phi) is 6.74. The summed E-state index contributed by atoms with van der Waals surface area (Å²) in [5.74, 6) is -0.0504. The Hall–Kier alpha value is -1.93. The Labute approximate surface area is 152 Å². The van der Waals surface area contributed by atoms with Crippen LogP contribution in [0.4, 0.5) is 5.13 Å². The van der Waals surface area contributed by atoms with Crippen molar-refractivity contribution in [3.63, 3.8) is 0 Å². The zero-order valence-corrected chi connectivity index (χ0v) is 15.6.